The van der Waals surface area contributed by atoms with E-state index in [0.29, 0.717) is 30.6 Å². The standard InChI is InChI=1S/C17H19N3O2S2/c18-15-11-13(4-5-14(15)12-21)6-9-19-16(22)7-10-23-24-17-3-1-2-8-20-17/h1-5,8,11-12H,6-7,9-10,18H2,(H,19,22). The average molecular weight is 361 g/mol. The molecule has 0 unspecified atom stereocenters. The van der Waals surface area contributed by atoms with Gasteiger partial charge in [0, 0.05) is 36.2 Å². The maximum atomic E-state index is 11.8. The SMILES string of the molecule is Nc1cc(CCNC(=O)CCSSc2ccccn2)ccc1C=O. The molecule has 0 spiro atoms. The Bertz CT molecular complexity index is 681. The number of hydrogen-bond acceptors (Lipinski definition) is 6. The molecule has 0 aliphatic heterocycles. The van der Waals surface area contributed by atoms with Gasteiger partial charge in [-0.2, -0.15) is 0 Å². The zero-order valence-electron chi connectivity index (χ0n) is 13.1. The normalized spacial score (nSPS) is 10.3. The van der Waals surface area contributed by atoms with Crippen molar-refractivity contribution in [1.29, 1.82) is 0 Å². The van der Waals surface area contributed by atoms with Gasteiger partial charge in [-0.3, -0.25) is 9.59 Å². The van der Waals surface area contributed by atoms with Gasteiger partial charge in [0.1, 0.15) is 5.03 Å². The van der Waals surface area contributed by atoms with Crippen LogP contribution < -0.4 is 11.1 Å². The Morgan fingerprint density at radius 3 is 2.88 bits per heavy atom. The summed E-state index contributed by atoms with van der Waals surface area (Å²) in [5.41, 5.74) is 7.72. The first-order valence-electron chi connectivity index (χ1n) is 7.50. The van der Waals surface area contributed by atoms with Crippen LogP contribution in [0, 0.1) is 0 Å². The summed E-state index contributed by atoms with van der Waals surface area (Å²) >= 11 is 0. The number of anilines is 1. The minimum absolute atomic E-state index is 0.0293. The molecule has 1 aromatic heterocycles. The number of pyridine rings is 1. The highest BCUT2D eigenvalue weighted by Crippen LogP contribution is 2.29. The summed E-state index contributed by atoms with van der Waals surface area (Å²) in [6, 6.07) is 11.1. The molecule has 126 valence electrons. The summed E-state index contributed by atoms with van der Waals surface area (Å²) in [6.45, 7) is 0.552. The molecular formula is C17H19N3O2S2. The van der Waals surface area contributed by atoms with Gasteiger partial charge in [-0.05, 0) is 47.0 Å². The fourth-order valence-electron chi connectivity index (χ4n) is 1.95. The molecule has 1 aromatic carbocycles. The summed E-state index contributed by atoms with van der Waals surface area (Å²) in [4.78, 5) is 26.7. The number of benzene rings is 1. The molecule has 3 N–H and O–H groups in total. The number of nitrogen functional groups attached to an aromatic ring is 1. The Labute approximate surface area is 149 Å². The highest BCUT2D eigenvalue weighted by molar-refractivity contribution is 8.76. The molecule has 0 atom stereocenters. The molecule has 0 saturated heterocycles. The van der Waals surface area contributed by atoms with E-state index in [2.05, 4.69) is 10.3 Å². The van der Waals surface area contributed by atoms with Crippen LogP contribution >= 0.6 is 21.6 Å². The van der Waals surface area contributed by atoms with E-state index < -0.39 is 0 Å². The topological polar surface area (TPSA) is 85.1 Å². The van der Waals surface area contributed by atoms with Crippen LogP contribution in [0.2, 0.25) is 0 Å². The zero-order valence-corrected chi connectivity index (χ0v) is 14.7. The van der Waals surface area contributed by atoms with Crippen molar-refractivity contribution in [1.82, 2.24) is 10.3 Å². The first-order chi connectivity index (χ1) is 11.7. The maximum Gasteiger partial charge on any atom is 0.220 e. The number of aromatic nitrogens is 1. The summed E-state index contributed by atoms with van der Waals surface area (Å²) in [6.07, 6.45) is 3.65. The number of amides is 1. The predicted molar refractivity (Wildman–Crippen MR) is 100 cm³/mol. The van der Waals surface area contributed by atoms with E-state index in [1.54, 1.807) is 39.9 Å². The van der Waals surface area contributed by atoms with E-state index in [9.17, 15) is 9.59 Å². The first kappa shape index (κ1) is 18.4. The highest BCUT2D eigenvalue weighted by atomic mass is 33.1. The van der Waals surface area contributed by atoms with Crippen molar-refractivity contribution in [3.05, 3.63) is 53.7 Å². The zero-order chi connectivity index (χ0) is 17.2. The molecule has 1 amide bonds. The van der Waals surface area contributed by atoms with E-state index in [-0.39, 0.29) is 5.91 Å². The van der Waals surface area contributed by atoms with Gasteiger partial charge in [-0.1, -0.05) is 22.9 Å². The van der Waals surface area contributed by atoms with Gasteiger partial charge in [0.2, 0.25) is 5.91 Å². The van der Waals surface area contributed by atoms with Crippen LogP contribution in [0.15, 0.2) is 47.6 Å². The molecule has 7 heteroatoms. The van der Waals surface area contributed by atoms with Crippen LogP contribution in [-0.4, -0.2) is 29.5 Å². The van der Waals surface area contributed by atoms with Crippen LogP contribution in [0.3, 0.4) is 0 Å². The number of carbonyl (C=O) groups is 2. The Balaban J connectivity index is 1.61. The highest BCUT2D eigenvalue weighted by Gasteiger charge is 2.04. The van der Waals surface area contributed by atoms with Crippen molar-refractivity contribution in [2.75, 3.05) is 18.0 Å². The van der Waals surface area contributed by atoms with Crippen molar-refractivity contribution < 1.29 is 9.59 Å². The molecule has 0 aliphatic rings. The number of hydrogen-bond donors (Lipinski definition) is 2. The molecular weight excluding hydrogens is 342 g/mol. The molecule has 0 aliphatic carbocycles. The molecule has 5 nitrogen and oxygen atoms in total. The number of aldehydes is 1. The lowest BCUT2D eigenvalue weighted by atomic mass is 10.1. The molecule has 0 fully saturated rings. The molecule has 0 radical (unpaired) electrons. The Kier molecular flexibility index (Phi) is 7.64. The third-order valence-electron chi connectivity index (χ3n) is 3.21. The number of carbonyl (C=O) groups excluding carboxylic acids is 2. The largest absolute Gasteiger partial charge is 0.398 e. The van der Waals surface area contributed by atoms with Crippen LogP contribution in [0.4, 0.5) is 5.69 Å². The van der Waals surface area contributed by atoms with Crippen LogP contribution in [0.1, 0.15) is 22.3 Å². The second-order valence-corrected chi connectivity index (χ2v) is 7.44. The second kappa shape index (κ2) is 10.00. The third kappa shape index (κ3) is 6.25. The van der Waals surface area contributed by atoms with E-state index >= 15 is 0 Å². The molecule has 0 bridgehead atoms. The summed E-state index contributed by atoms with van der Waals surface area (Å²) in [7, 11) is 3.19. The van der Waals surface area contributed by atoms with E-state index in [0.717, 1.165) is 22.6 Å². The Hall–Kier alpha value is -1.99. The van der Waals surface area contributed by atoms with E-state index in [1.165, 1.54) is 0 Å². The minimum Gasteiger partial charge on any atom is -0.398 e. The van der Waals surface area contributed by atoms with Crippen molar-refractivity contribution >= 4 is 39.5 Å². The first-order valence-corrected chi connectivity index (χ1v) is 9.81. The predicted octanol–water partition coefficient (Wildman–Crippen LogP) is 2.97. The molecule has 1 heterocycles. The average Bonchev–Trinajstić information content (AvgIpc) is 2.60. The Morgan fingerprint density at radius 1 is 1.29 bits per heavy atom. The monoisotopic (exact) mass is 361 g/mol. The van der Waals surface area contributed by atoms with E-state index in [1.807, 2.05) is 24.3 Å². The van der Waals surface area contributed by atoms with E-state index in [4.69, 9.17) is 5.73 Å². The minimum atomic E-state index is 0.0293. The summed E-state index contributed by atoms with van der Waals surface area (Å²) in [5, 5.41) is 3.83. The Morgan fingerprint density at radius 2 is 2.17 bits per heavy atom. The van der Waals surface area contributed by atoms with Crippen LogP contribution in [-0.2, 0) is 11.2 Å². The molecule has 2 aromatic rings. The van der Waals surface area contributed by atoms with Crippen molar-refractivity contribution in [3.63, 3.8) is 0 Å². The molecule has 0 saturated carbocycles. The van der Waals surface area contributed by atoms with Gasteiger partial charge in [0.25, 0.3) is 0 Å². The quantitative estimate of drug-likeness (QED) is 0.309. The fraction of sp³-hybridized carbons (Fsp3) is 0.235. The molecule has 2 rings (SSSR count). The second-order valence-electron chi connectivity index (χ2n) is 5.00. The lowest BCUT2D eigenvalue weighted by Crippen LogP contribution is -2.25. The van der Waals surface area contributed by atoms with Crippen molar-refractivity contribution in [2.24, 2.45) is 0 Å². The fourth-order valence-corrected chi connectivity index (χ4v) is 3.82. The number of nitrogens with zero attached hydrogens (tertiary/aromatic N) is 1. The van der Waals surface area contributed by atoms with Gasteiger partial charge in [0.15, 0.2) is 6.29 Å². The number of rotatable bonds is 9. The van der Waals surface area contributed by atoms with Gasteiger partial charge >= 0.3 is 0 Å². The van der Waals surface area contributed by atoms with Gasteiger partial charge < -0.3 is 11.1 Å². The van der Waals surface area contributed by atoms with Crippen molar-refractivity contribution in [2.45, 2.75) is 17.9 Å². The van der Waals surface area contributed by atoms with Crippen LogP contribution in [0.5, 0.6) is 0 Å². The summed E-state index contributed by atoms with van der Waals surface area (Å²) in [5.74, 6) is 0.759. The number of nitrogens with one attached hydrogen (secondary N) is 1. The van der Waals surface area contributed by atoms with Gasteiger partial charge in [-0.15, -0.1) is 0 Å². The van der Waals surface area contributed by atoms with Crippen molar-refractivity contribution in [3.8, 4) is 0 Å². The summed E-state index contributed by atoms with van der Waals surface area (Å²) < 4.78 is 0. The maximum absolute atomic E-state index is 11.8. The lowest BCUT2D eigenvalue weighted by Gasteiger charge is -2.07. The smallest absolute Gasteiger partial charge is 0.220 e. The molecule has 24 heavy (non-hydrogen) atoms. The van der Waals surface area contributed by atoms with Gasteiger partial charge in [-0.25, -0.2) is 4.98 Å². The third-order valence-corrected chi connectivity index (χ3v) is 5.48. The van der Waals surface area contributed by atoms with Crippen LogP contribution in [0.25, 0.3) is 0 Å². The lowest BCUT2D eigenvalue weighted by molar-refractivity contribution is -0.120. The van der Waals surface area contributed by atoms with Gasteiger partial charge in [0.05, 0.1) is 0 Å². The number of nitrogens with two attached hydrogens (primary N) is 1.